The fourth-order valence-electron chi connectivity index (χ4n) is 1.44. The molecule has 0 radical (unpaired) electrons. The quantitative estimate of drug-likeness (QED) is 0.747. The zero-order valence-corrected chi connectivity index (χ0v) is 9.15. The first-order chi connectivity index (χ1) is 7.36. The van der Waals surface area contributed by atoms with E-state index in [0.717, 1.165) is 23.6 Å². The predicted octanol–water partition coefficient (Wildman–Crippen LogP) is 2.10. The number of alkyl halides is 1. The van der Waals surface area contributed by atoms with Crippen molar-refractivity contribution in [3.8, 4) is 11.4 Å². The zero-order chi connectivity index (χ0) is 10.7. The van der Waals surface area contributed by atoms with E-state index in [-0.39, 0.29) is 0 Å². The second-order valence-corrected chi connectivity index (χ2v) is 3.32. The standard InChI is InChI=1S/C10H11ClN4/c1-2-15-10(9(7-11)13-14-15)8-5-3-4-6-12-8/h3-6H,2,7H2,1H3. The van der Waals surface area contributed by atoms with Crippen LogP contribution in [0.4, 0.5) is 0 Å². The highest BCUT2D eigenvalue weighted by molar-refractivity contribution is 6.17. The molecule has 0 aromatic carbocycles. The third-order valence-corrected chi connectivity index (χ3v) is 2.39. The fraction of sp³-hybridized carbons (Fsp3) is 0.300. The summed E-state index contributed by atoms with van der Waals surface area (Å²) in [6.07, 6.45) is 1.75. The first-order valence-corrected chi connectivity index (χ1v) is 5.30. The van der Waals surface area contributed by atoms with Crippen molar-refractivity contribution in [3.63, 3.8) is 0 Å². The molecular weight excluding hydrogens is 212 g/mol. The van der Waals surface area contributed by atoms with Crippen molar-refractivity contribution >= 4 is 11.6 Å². The summed E-state index contributed by atoms with van der Waals surface area (Å²) in [5.74, 6) is 0.353. The molecule has 0 saturated heterocycles. The van der Waals surface area contributed by atoms with Crippen LogP contribution in [0.15, 0.2) is 24.4 Å². The molecular formula is C10H11ClN4. The third-order valence-electron chi connectivity index (χ3n) is 2.14. The van der Waals surface area contributed by atoms with Gasteiger partial charge in [-0.1, -0.05) is 11.3 Å². The zero-order valence-electron chi connectivity index (χ0n) is 8.39. The average Bonchev–Trinajstić information content (AvgIpc) is 2.72. The van der Waals surface area contributed by atoms with E-state index in [0.29, 0.717) is 5.88 Å². The summed E-state index contributed by atoms with van der Waals surface area (Å²) < 4.78 is 1.81. The minimum Gasteiger partial charge on any atom is -0.255 e. The number of rotatable bonds is 3. The Morgan fingerprint density at radius 1 is 1.40 bits per heavy atom. The van der Waals surface area contributed by atoms with Gasteiger partial charge in [0.1, 0.15) is 11.4 Å². The third kappa shape index (κ3) is 1.85. The minimum atomic E-state index is 0.353. The molecule has 0 fully saturated rings. The molecule has 0 N–H and O–H groups in total. The molecule has 0 aliphatic rings. The van der Waals surface area contributed by atoms with Crippen molar-refractivity contribution < 1.29 is 0 Å². The molecule has 78 valence electrons. The van der Waals surface area contributed by atoms with E-state index in [1.807, 2.05) is 25.1 Å². The predicted molar refractivity (Wildman–Crippen MR) is 58.5 cm³/mol. The number of hydrogen-bond donors (Lipinski definition) is 0. The average molecular weight is 223 g/mol. The number of pyridine rings is 1. The van der Waals surface area contributed by atoms with E-state index in [1.165, 1.54) is 0 Å². The van der Waals surface area contributed by atoms with Crippen LogP contribution in [0.1, 0.15) is 12.6 Å². The Morgan fingerprint density at radius 2 is 2.27 bits per heavy atom. The molecule has 5 heteroatoms. The maximum absolute atomic E-state index is 5.81. The van der Waals surface area contributed by atoms with Gasteiger partial charge in [0.05, 0.1) is 11.6 Å². The van der Waals surface area contributed by atoms with Gasteiger partial charge in [-0.05, 0) is 19.1 Å². The maximum atomic E-state index is 5.81. The molecule has 0 saturated carbocycles. The van der Waals surface area contributed by atoms with Gasteiger partial charge in [-0.25, -0.2) is 4.68 Å². The Hall–Kier alpha value is -1.42. The molecule has 0 aliphatic heterocycles. The molecule has 0 amide bonds. The highest BCUT2D eigenvalue weighted by Crippen LogP contribution is 2.20. The Kier molecular flexibility index (Phi) is 2.97. The van der Waals surface area contributed by atoms with E-state index in [9.17, 15) is 0 Å². The summed E-state index contributed by atoms with van der Waals surface area (Å²) in [5.41, 5.74) is 2.55. The van der Waals surface area contributed by atoms with E-state index in [2.05, 4.69) is 15.3 Å². The molecule has 0 bridgehead atoms. The van der Waals surface area contributed by atoms with E-state index in [4.69, 9.17) is 11.6 Å². The van der Waals surface area contributed by atoms with Crippen LogP contribution >= 0.6 is 11.6 Å². The molecule has 2 heterocycles. The van der Waals surface area contributed by atoms with Crippen LogP contribution < -0.4 is 0 Å². The largest absolute Gasteiger partial charge is 0.255 e. The summed E-state index contributed by atoms with van der Waals surface area (Å²) in [7, 11) is 0. The summed E-state index contributed by atoms with van der Waals surface area (Å²) in [6, 6.07) is 5.75. The highest BCUT2D eigenvalue weighted by Gasteiger charge is 2.13. The fourth-order valence-corrected chi connectivity index (χ4v) is 1.62. The second-order valence-electron chi connectivity index (χ2n) is 3.05. The maximum Gasteiger partial charge on any atom is 0.111 e. The highest BCUT2D eigenvalue weighted by atomic mass is 35.5. The van der Waals surface area contributed by atoms with Gasteiger partial charge < -0.3 is 0 Å². The summed E-state index contributed by atoms with van der Waals surface area (Å²) >= 11 is 5.81. The molecule has 0 aliphatic carbocycles. The van der Waals surface area contributed by atoms with Gasteiger partial charge in [-0.2, -0.15) is 0 Å². The van der Waals surface area contributed by atoms with E-state index >= 15 is 0 Å². The number of halogens is 1. The van der Waals surface area contributed by atoms with Crippen molar-refractivity contribution in [2.24, 2.45) is 0 Å². The second kappa shape index (κ2) is 4.40. The smallest absolute Gasteiger partial charge is 0.111 e. The van der Waals surface area contributed by atoms with Crippen molar-refractivity contribution in [1.29, 1.82) is 0 Å². The molecule has 15 heavy (non-hydrogen) atoms. The lowest BCUT2D eigenvalue weighted by molar-refractivity contribution is 0.631. The van der Waals surface area contributed by atoms with Gasteiger partial charge in [0.15, 0.2) is 0 Å². The molecule has 2 aromatic heterocycles. The van der Waals surface area contributed by atoms with Gasteiger partial charge in [-0.3, -0.25) is 4.98 Å². The molecule has 0 unspecified atom stereocenters. The van der Waals surface area contributed by atoms with Crippen LogP contribution in [0, 0.1) is 0 Å². The van der Waals surface area contributed by atoms with Crippen molar-refractivity contribution in [3.05, 3.63) is 30.1 Å². The molecule has 2 rings (SSSR count). The number of aryl methyl sites for hydroxylation is 1. The molecule has 0 spiro atoms. The lowest BCUT2D eigenvalue weighted by atomic mass is 10.2. The monoisotopic (exact) mass is 222 g/mol. The van der Waals surface area contributed by atoms with Gasteiger partial charge in [0.2, 0.25) is 0 Å². The van der Waals surface area contributed by atoms with Crippen LogP contribution in [-0.4, -0.2) is 20.0 Å². The Morgan fingerprint density at radius 3 is 2.87 bits per heavy atom. The van der Waals surface area contributed by atoms with Crippen molar-refractivity contribution in [2.75, 3.05) is 0 Å². The van der Waals surface area contributed by atoms with E-state index in [1.54, 1.807) is 10.9 Å². The molecule has 4 nitrogen and oxygen atoms in total. The Balaban J connectivity index is 2.55. The van der Waals surface area contributed by atoms with Crippen LogP contribution in [-0.2, 0) is 12.4 Å². The van der Waals surface area contributed by atoms with Crippen LogP contribution in [0.5, 0.6) is 0 Å². The number of hydrogen-bond acceptors (Lipinski definition) is 3. The molecule has 2 aromatic rings. The van der Waals surface area contributed by atoms with Crippen LogP contribution in [0.2, 0.25) is 0 Å². The summed E-state index contributed by atoms with van der Waals surface area (Å²) in [6.45, 7) is 2.77. The van der Waals surface area contributed by atoms with Gasteiger partial charge in [0.25, 0.3) is 0 Å². The number of nitrogens with zero attached hydrogens (tertiary/aromatic N) is 4. The van der Waals surface area contributed by atoms with Crippen LogP contribution in [0.25, 0.3) is 11.4 Å². The van der Waals surface area contributed by atoms with Crippen molar-refractivity contribution in [2.45, 2.75) is 19.3 Å². The van der Waals surface area contributed by atoms with Gasteiger partial charge in [0, 0.05) is 12.7 Å². The Bertz CT molecular complexity index is 416. The topological polar surface area (TPSA) is 43.6 Å². The summed E-state index contributed by atoms with van der Waals surface area (Å²) in [5, 5.41) is 8.05. The molecule has 0 atom stereocenters. The lowest BCUT2D eigenvalue weighted by Crippen LogP contribution is -2.00. The first kappa shape index (κ1) is 10.1. The normalized spacial score (nSPS) is 10.5. The SMILES string of the molecule is CCn1nnc(CCl)c1-c1ccccn1. The number of aromatic nitrogens is 4. The first-order valence-electron chi connectivity index (χ1n) is 4.76. The van der Waals surface area contributed by atoms with Gasteiger partial charge >= 0.3 is 0 Å². The van der Waals surface area contributed by atoms with Gasteiger partial charge in [-0.15, -0.1) is 16.7 Å². The van der Waals surface area contributed by atoms with Crippen molar-refractivity contribution in [1.82, 2.24) is 20.0 Å². The lowest BCUT2D eigenvalue weighted by Gasteiger charge is -2.03. The Labute approximate surface area is 92.9 Å². The van der Waals surface area contributed by atoms with E-state index < -0.39 is 0 Å². The van der Waals surface area contributed by atoms with Crippen LogP contribution in [0.3, 0.4) is 0 Å². The summed E-state index contributed by atoms with van der Waals surface area (Å²) in [4.78, 5) is 4.28. The minimum absolute atomic E-state index is 0.353.